The maximum atomic E-state index is 3.59. The van der Waals surface area contributed by atoms with Crippen LogP contribution in [0.15, 0.2) is 109 Å². The van der Waals surface area contributed by atoms with E-state index >= 15 is 0 Å². The third-order valence-electron chi connectivity index (χ3n) is 4.95. The highest BCUT2D eigenvalue weighted by Gasteiger charge is 2.09. The highest BCUT2D eigenvalue weighted by molar-refractivity contribution is 7.26. The summed E-state index contributed by atoms with van der Waals surface area (Å²) in [5.74, 6) is 0. The molecule has 0 unspecified atom stereocenters. The molecule has 0 spiro atoms. The average molecular weight is 378 g/mol. The van der Waals surface area contributed by atoms with Gasteiger partial charge in [0.2, 0.25) is 0 Å². The zero-order chi connectivity index (χ0) is 18.8. The Morgan fingerprint density at radius 1 is 0.607 bits per heavy atom. The van der Waals surface area contributed by atoms with Crippen LogP contribution in [-0.4, -0.2) is 0 Å². The molecule has 0 amide bonds. The molecule has 1 heterocycles. The molecular formula is C26H19NS. The van der Waals surface area contributed by atoms with Crippen molar-refractivity contribution in [2.45, 2.75) is 0 Å². The van der Waals surface area contributed by atoms with Crippen LogP contribution in [-0.2, 0) is 0 Å². The molecule has 1 nitrogen and oxygen atoms in total. The normalized spacial score (nSPS) is 10.9. The van der Waals surface area contributed by atoms with Gasteiger partial charge >= 0.3 is 0 Å². The van der Waals surface area contributed by atoms with Crippen molar-refractivity contribution < 1.29 is 0 Å². The Labute approximate surface area is 168 Å². The molecule has 0 saturated carbocycles. The van der Waals surface area contributed by atoms with Crippen LogP contribution in [0.3, 0.4) is 0 Å². The number of thiophene rings is 1. The van der Waals surface area contributed by atoms with Crippen molar-refractivity contribution in [3.05, 3.63) is 120 Å². The van der Waals surface area contributed by atoms with Crippen molar-refractivity contribution in [1.82, 2.24) is 0 Å². The van der Waals surface area contributed by atoms with E-state index in [0.29, 0.717) is 0 Å². The predicted molar refractivity (Wildman–Crippen MR) is 123 cm³/mol. The number of benzene rings is 4. The van der Waals surface area contributed by atoms with Crippen LogP contribution in [0.4, 0.5) is 5.69 Å². The minimum absolute atomic E-state index is 1.14. The van der Waals surface area contributed by atoms with Gasteiger partial charge < -0.3 is 5.32 Å². The van der Waals surface area contributed by atoms with Crippen molar-refractivity contribution >= 4 is 42.8 Å². The van der Waals surface area contributed by atoms with E-state index in [1.54, 1.807) is 0 Å². The fraction of sp³-hybridized carbons (Fsp3) is 0. The van der Waals surface area contributed by atoms with E-state index in [4.69, 9.17) is 0 Å². The second-order valence-electron chi connectivity index (χ2n) is 6.71. The first-order chi connectivity index (χ1) is 13.9. The summed E-state index contributed by atoms with van der Waals surface area (Å²) in [6.45, 7) is 0. The van der Waals surface area contributed by atoms with Gasteiger partial charge in [0, 0.05) is 27.2 Å². The van der Waals surface area contributed by atoms with Gasteiger partial charge in [-0.25, -0.2) is 0 Å². The predicted octanol–water partition coefficient (Wildman–Crippen LogP) is 7.56. The smallest absolute Gasteiger partial charge is 0.0590 e. The molecular weight excluding hydrogens is 358 g/mol. The summed E-state index contributed by atoms with van der Waals surface area (Å²) in [5, 5.41) is 6.22. The number of hydrogen-bond acceptors (Lipinski definition) is 2. The topological polar surface area (TPSA) is 12.0 Å². The maximum Gasteiger partial charge on any atom is 0.0590 e. The third-order valence-corrected chi connectivity index (χ3v) is 6.17. The molecule has 2 heteroatoms. The highest BCUT2D eigenvalue weighted by atomic mass is 32.1. The molecule has 0 saturated heterocycles. The summed E-state index contributed by atoms with van der Waals surface area (Å²) in [7, 11) is 0. The molecule has 0 bridgehead atoms. The van der Waals surface area contributed by atoms with Gasteiger partial charge in [0.1, 0.15) is 0 Å². The van der Waals surface area contributed by atoms with Crippen molar-refractivity contribution in [3.63, 3.8) is 0 Å². The van der Waals surface area contributed by atoms with Gasteiger partial charge in [-0.1, -0.05) is 91.0 Å². The zero-order valence-corrected chi connectivity index (χ0v) is 16.1. The molecule has 0 aliphatic rings. The molecule has 0 aliphatic carbocycles. The molecule has 1 N–H and O–H groups in total. The Balaban J connectivity index is 1.61. The summed E-state index contributed by atoms with van der Waals surface area (Å²) in [6, 6.07) is 36.1. The van der Waals surface area contributed by atoms with Crippen LogP contribution in [0, 0.1) is 0 Å². The lowest BCUT2D eigenvalue weighted by molar-refractivity contribution is 1.52. The number of rotatable bonds is 4. The van der Waals surface area contributed by atoms with Crippen LogP contribution in [0.5, 0.6) is 0 Å². The fourth-order valence-electron chi connectivity index (χ4n) is 3.58. The van der Waals surface area contributed by atoms with Gasteiger partial charge in [-0.15, -0.1) is 11.3 Å². The van der Waals surface area contributed by atoms with Gasteiger partial charge in [0.15, 0.2) is 0 Å². The Morgan fingerprint density at radius 3 is 1.93 bits per heavy atom. The Bertz CT molecular complexity index is 1230. The van der Waals surface area contributed by atoms with Crippen LogP contribution >= 0.6 is 11.3 Å². The molecule has 5 rings (SSSR count). The number of fused-ring (bicyclic) bond motifs is 3. The molecule has 0 radical (unpaired) electrons. The molecule has 134 valence electrons. The first-order valence-corrected chi connectivity index (χ1v) is 10.2. The standard InChI is InChI=1S/C26H19NS/c1-3-10-19(11-4-1)23(20-12-5-2-6-13-20)18-27-24-16-9-15-22-21-14-7-8-17-25(21)28-26(22)24/h1-18,27H. The Morgan fingerprint density at radius 2 is 1.21 bits per heavy atom. The summed E-state index contributed by atoms with van der Waals surface area (Å²) in [6.07, 6.45) is 2.13. The minimum Gasteiger partial charge on any atom is -0.360 e. The molecule has 0 fully saturated rings. The second-order valence-corrected chi connectivity index (χ2v) is 7.77. The van der Waals surface area contributed by atoms with E-state index in [2.05, 4.69) is 115 Å². The summed E-state index contributed by atoms with van der Waals surface area (Å²) < 4.78 is 2.61. The molecule has 0 atom stereocenters. The first kappa shape index (κ1) is 16.8. The lowest BCUT2D eigenvalue weighted by atomic mass is 9.99. The Kier molecular flexibility index (Phi) is 4.40. The Hall–Kier alpha value is -3.36. The number of nitrogens with one attached hydrogen (secondary N) is 1. The van der Waals surface area contributed by atoms with Crippen molar-refractivity contribution in [1.29, 1.82) is 0 Å². The lowest BCUT2D eigenvalue weighted by Crippen LogP contribution is -1.94. The van der Waals surface area contributed by atoms with E-state index in [-0.39, 0.29) is 0 Å². The van der Waals surface area contributed by atoms with Gasteiger partial charge in [-0.2, -0.15) is 0 Å². The quantitative estimate of drug-likeness (QED) is 0.341. The van der Waals surface area contributed by atoms with Crippen molar-refractivity contribution in [3.8, 4) is 0 Å². The van der Waals surface area contributed by atoms with Crippen molar-refractivity contribution in [2.75, 3.05) is 5.32 Å². The summed E-state index contributed by atoms with van der Waals surface area (Å²) in [5.41, 5.74) is 4.72. The summed E-state index contributed by atoms with van der Waals surface area (Å²) in [4.78, 5) is 0. The average Bonchev–Trinajstić information content (AvgIpc) is 3.15. The van der Waals surface area contributed by atoms with Gasteiger partial charge in [0.05, 0.1) is 10.4 Å². The van der Waals surface area contributed by atoms with E-state index in [1.165, 1.54) is 36.9 Å². The van der Waals surface area contributed by atoms with E-state index < -0.39 is 0 Å². The fourth-order valence-corrected chi connectivity index (χ4v) is 4.76. The molecule has 28 heavy (non-hydrogen) atoms. The number of hydrogen-bond donors (Lipinski definition) is 1. The van der Waals surface area contributed by atoms with Crippen LogP contribution < -0.4 is 5.32 Å². The van der Waals surface area contributed by atoms with Gasteiger partial charge in [0.25, 0.3) is 0 Å². The highest BCUT2D eigenvalue weighted by Crippen LogP contribution is 2.38. The van der Waals surface area contributed by atoms with Gasteiger partial charge in [-0.3, -0.25) is 0 Å². The lowest BCUT2D eigenvalue weighted by Gasteiger charge is -2.10. The van der Waals surface area contributed by atoms with E-state index in [9.17, 15) is 0 Å². The van der Waals surface area contributed by atoms with Gasteiger partial charge in [-0.05, 0) is 23.3 Å². The minimum atomic E-state index is 1.14. The summed E-state index contributed by atoms with van der Waals surface area (Å²) >= 11 is 1.84. The first-order valence-electron chi connectivity index (χ1n) is 9.38. The van der Waals surface area contributed by atoms with Crippen molar-refractivity contribution in [2.24, 2.45) is 0 Å². The molecule has 1 aromatic heterocycles. The van der Waals surface area contributed by atoms with Crippen LogP contribution in [0.2, 0.25) is 0 Å². The zero-order valence-electron chi connectivity index (χ0n) is 15.3. The largest absolute Gasteiger partial charge is 0.360 e. The second kappa shape index (κ2) is 7.34. The van der Waals surface area contributed by atoms with Crippen LogP contribution in [0.25, 0.3) is 25.7 Å². The number of anilines is 1. The van der Waals surface area contributed by atoms with E-state index in [1.807, 2.05) is 11.3 Å². The van der Waals surface area contributed by atoms with Crippen LogP contribution in [0.1, 0.15) is 11.1 Å². The maximum absolute atomic E-state index is 3.59. The molecule has 0 aliphatic heterocycles. The SMILES string of the molecule is C(Nc1cccc2c1sc1ccccc12)=C(c1ccccc1)c1ccccc1. The molecule has 5 aromatic rings. The monoisotopic (exact) mass is 377 g/mol. The van der Waals surface area contributed by atoms with E-state index in [0.717, 1.165) is 5.69 Å². The third kappa shape index (κ3) is 3.08. The molecule has 4 aromatic carbocycles.